The van der Waals surface area contributed by atoms with Crippen molar-refractivity contribution in [2.45, 2.75) is 50.9 Å². The van der Waals surface area contributed by atoms with Crippen molar-refractivity contribution in [3.8, 4) is 0 Å². The molecule has 1 aliphatic carbocycles. The van der Waals surface area contributed by atoms with Crippen LogP contribution in [0.3, 0.4) is 0 Å². The van der Waals surface area contributed by atoms with Gasteiger partial charge >= 0.3 is 0 Å². The summed E-state index contributed by atoms with van der Waals surface area (Å²) in [7, 11) is 0. The molecule has 3 heteroatoms. The summed E-state index contributed by atoms with van der Waals surface area (Å²) in [6.45, 7) is 2.27. The minimum atomic E-state index is 0.181. The topological polar surface area (TPSA) is 48.9 Å². The number of aromatic amines is 1. The molecule has 3 nitrogen and oxygen atoms in total. The second-order valence-electron chi connectivity index (χ2n) is 4.49. The van der Waals surface area contributed by atoms with Gasteiger partial charge in [0, 0.05) is 23.7 Å². The number of aliphatic hydroxyl groups excluding tert-OH is 1. The third kappa shape index (κ3) is 2.23. The highest BCUT2D eigenvalue weighted by atomic mass is 16.3. The molecule has 1 unspecified atom stereocenters. The second kappa shape index (κ2) is 4.79. The van der Waals surface area contributed by atoms with Gasteiger partial charge in [-0.3, -0.25) is 0 Å². The fourth-order valence-electron chi connectivity index (χ4n) is 2.41. The van der Waals surface area contributed by atoms with Crippen molar-refractivity contribution in [2.75, 3.05) is 6.61 Å². The van der Waals surface area contributed by atoms with E-state index in [4.69, 9.17) is 0 Å². The van der Waals surface area contributed by atoms with Crippen LogP contribution in [0.5, 0.6) is 0 Å². The zero-order valence-electron chi connectivity index (χ0n) is 9.37. The van der Waals surface area contributed by atoms with Gasteiger partial charge in [0.05, 0.1) is 6.61 Å². The van der Waals surface area contributed by atoms with E-state index < -0.39 is 0 Å². The summed E-state index contributed by atoms with van der Waals surface area (Å²) < 4.78 is 0. The maximum absolute atomic E-state index is 9.19. The van der Waals surface area contributed by atoms with Gasteiger partial charge in [-0.1, -0.05) is 19.8 Å². The van der Waals surface area contributed by atoms with Crippen LogP contribution in [0.4, 0.5) is 0 Å². The first-order valence-electron chi connectivity index (χ1n) is 6.00. The average molecular weight is 208 g/mol. The van der Waals surface area contributed by atoms with E-state index in [0.717, 1.165) is 12.2 Å². The van der Waals surface area contributed by atoms with Crippen molar-refractivity contribution in [3.63, 3.8) is 0 Å². The Hall–Kier alpha value is -0.830. The molecule has 0 amide bonds. The first-order valence-corrected chi connectivity index (χ1v) is 6.00. The van der Waals surface area contributed by atoms with E-state index in [2.05, 4.69) is 16.9 Å². The van der Waals surface area contributed by atoms with E-state index >= 15 is 0 Å². The van der Waals surface area contributed by atoms with E-state index in [9.17, 15) is 5.11 Å². The Morgan fingerprint density at radius 2 is 2.27 bits per heavy atom. The maximum Gasteiger partial charge on any atom is 0.111 e. The van der Waals surface area contributed by atoms with Crippen LogP contribution in [-0.4, -0.2) is 21.7 Å². The predicted molar refractivity (Wildman–Crippen MR) is 59.9 cm³/mol. The molecule has 0 aromatic carbocycles. The number of nitrogens with zero attached hydrogens (tertiary/aromatic N) is 1. The van der Waals surface area contributed by atoms with Crippen LogP contribution in [0.2, 0.25) is 0 Å². The van der Waals surface area contributed by atoms with Gasteiger partial charge in [0.1, 0.15) is 5.82 Å². The molecule has 0 bridgehead atoms. The van der Waals surface area contributed by atoms with Gasteiger partial charge < -0.3 is 10.1 Å². The van der Waals surface area contributed by atoms with Gasteiger partial charge in [-0.25, -0.2) is 4.98 Å². The highest BCUT2D eigenvalue weighted by Gasteiger charge is 2.20. The van der Waals surface area contributed by atoms with Crippen LogP contribution in [0.1, 0.15) is 62.4 Å². The summed E-state index contributed by atoms with van der Waals surface area (Å²) in [4.78, 5) is 7.77. The molecule has 1 aliphatic rings. The number of hydrogen-bond acceptors (Lipinski definition) is 2. The van der Waals surface area contributed by atoms with Crippen LogP contribution in [0, 0.1) is 0 Å². The van der Waals surface area contributed by atoms with E-state index in [1.165, 1.54) is 31.4 Å². The van der Waals surface area contributed by atoms with Crippen molar-refractivity contribution in [3.05, 3.63) is 17.7 Å². The summed E-state index contributed by atoms with van der Waals surface area (Å²) in [5, 5.41) is 9.19. The van der Waals surface area contributed by atoms with Crippen molar-refractivity contribution < 1.29 is 5.11 Å². The molecule has 1 saturated carbocycles. The Morgan fingerprint density at radius 1 is 1.53 bits per heavy atom. The molecular weight excluding hydrogens is 188 g/mol. The lowest BCUT2D eigenvalue weighted by molar-refractivity contribution is 0.258. The van der Waals surface area contributed by atoms with Crippen molar-refractivity contribution in [2.24, 2.45) is 0 Å². The van der Waals surface area contributed by atoms with Crippen LogP contribution in [0.25, 0.3) is 0 Å². The molecule has 0 spiro atoms. The monoisotopic (exact) mass is 208 g/mol. The maximum atomic E-state index is 9.19. The Balaban J connectivity index is 2.08. The van der Waals surface area contributed by atoms with E-state index in [1.54, 1.807) is 0 Å². The normalized spacial score (nSPS) is 19.6. The molecule has 84 valence electrons. The van der Waals surface area contributed by atoms with Gasteiger partial charge in [0.15, 0.2) is 0 Å². The van der Waals surface area contributed by atoms with E-state index in [1.807, 2.05) is 6.20 Å². The first-order chi connectivity index (χ1) is 7.35. The highest BCUT2D eigenvalue weighted by molar-refractivity contribution is 5.11. The molecule has 1 aromatic heterocycles. The van der Waals surface area contributed by atoms with Crippen molar-refractivity contribution >= 4 is 0 Å². The Kier molecular flexibility index (Phi) is 3.41. The molecule has 15 heavy (non-hydrogen) atoms. The van der Waals surface area contributed by atoms with Crippen LogP contribution in [0.15, 0.2) is 6.20 Å². The minimum absolute atomic E-state index is 0.181. The zero-order chi connectivity index (χ0) is 10.7. The number of aromatic nitrogens is 2. The standard InChI is InChI=1S/C12H20N2O/c1-2-9(8-15)12-13-7-11(14-12)10-5-3-4-6-10/h7,9-10,15H,2-6,8H2,1H3,(H,13,14). The third-order valence-corrected chi connectivity index (χ3v) is 3.51. The average Bonchev–Trinajstić information content (AvgIpc) is 2.89. The quantitative estimate of drug-likeness (QED) is 0.799. The number of aliphatic hydroxyl groups is 1. The Bertz CT molecular complexity index is 282. The molecule has 1 atom stereocenters. The van der Waals surface area contributed by atoms with E-state index in [-0.39, 0.29) is 12.5 Å². The smallest absolute Gasteiger partial charge is 0.111 e. The first kappa shape index (κ1) is 10.7. The second-order valence-corrected chi connectivity index (χ2v) is 4.49. The van der Waals surface area contributed by atoms with Gasteiger partial charge in [0.2, 0.25) is 0 Å². The number of H-pyrrole nitrogens is 1. The molecule has 1 fully saturated rings. The van der Waals surface area contributed by atoms with Crippen LogP contribution >= 0.6 is 0 Å². The lowest BCUT2D eigenvalue weighted by Crippen LogP contribution is -2.05. The van der Waals surface area contributed by atoms with Gasteiger partial charge in [-0.2, -0.15) is 0 Å². The molecular formula is C12H20N2O. The number of nitrogens with one attached hydrogen (secondary N) is 1. The summed E-state index contributed by atoms with van der Waals surface area (Å²) in [6, 6.07) is 0. The highest BCUT2D eigenvalue weighted by Crippen LogP contribution is 2.33. The minimum Gasteiger partial charge on any atom is -0.396 e. The fraction of sp³-hybridized carbons (Fsp3) is 0.750. The molecule has 1 heterocycles. The predicted octanol–water partition coefficient (Wildman–Crippen LogP) is 2.55. The number of hydrogen-bond donors (Lipinski definition) is 2. The lowest BCUT2D eigenvalue weighted by atomic mass is 10.1. The Labute approximate surface area is 90.9 Å². The summed E-state index contributed by atoms with van der Waals surface area (Å²) in [5.41, 5.74) is 1.27. The van der Waals surface area contributed by atoms with Crippen molar-refractivity contribution in [1.29, 1.82) is 0 Å². The SMILES string of the molecule is CCC(CO)c1ncc(C2CCCC2)[nH]1. The largest absolute Gasteiger partial charge is 0.396 e. The van der Waals surface area contributed by atoms with Crippen LogP contribution in [-0.2, 0) is 0 Å². The molecule has 2 N–H and O–H groups in total. The lowest BCUT2D eigenvalue weighted by Gasteiger charge is -2.08. The van der Waals surface area contributed by atoms with Crippen LogP contribution < -0.4 is 0 Å². The van der Waals surface area contributed by atoms with Gasteiger partial charge in [0.25, 0.3) is 0 Å². The number of imidazole rings is 1. The van der Waals surface area contributed by atoms with Gasteiger partial charge in [-0.05, 0) is 19.3 Å². The molecule has 0 radical (unpaired) electrons. The zero-order valence-corrected chi connectivity index (χ0v) is 9.37. The third-order valence-electron chi connectivity index (χ3n) is 3.51. The number of rotatable bonds is 4. The summed E-state index contributed by atoms with van der Waals surface area (Å²) in [5.74, 6) is 1.82. The van der Waals surface area contributed by atoms with Gasteiger partial charge in [-0.15, -0.1) is 0 Å². The summed E-state index contributed by atoms with van der Waals surface area (Å²) in [6.07, 6.45) is 8.17. The molecule has 0 aliphatic heterocycles. The summed E-state index contributed by atoms with van der Waals surface area (Å²) >= 11 is 0. The molecule has 0 saturated heterocycles. The fourth-order valence-corrected chi connectivity index (χ4v) is 2.41. The molecule has 2 rings (SSSR count). The van der Waals surface area contributed by atoms with Crippen molar-refractivity contribution in [1.82, 2.24) is 9.97 Å². The molecule has 1 aromatic rings. The van der Waals surface area contributed by atoms with E-state index in [0.29, 0.717) is 5.92 Å². The Morgan fingerprint density at radius 3 is 2.87 bits per heavy atom.